The third-order valence-electron chi connectivity index (χ3n) is 4.01. The van der Waals surface area contributed by atoms with Gasteiger partial charge in [0.15, 0.2) is 0 Å². The van der Waals surface area contributed by atoms with Crippen molar-refractivity contribution in [2.24, 2.45) is 7.05 Å². The summed E-state index contributed by atoms with van der Waals surface area (Å²) in [5, 5.41) is 14.9. The molecule has 20 heavy (non-hydrogen) atoms. The van der Waals surface area contributed by atoms with Crippen LogP contribution in [-0.2, 0) is 7.05 Å². The first-order valence-electron chi connectivity index (χ1n) is 6.96. The van der Waals surface area contributed by atoms with Crippen LogP contribution in [0.5, 0.6) is 0 Å². The number of aromatic nitrogens is 2. The zero-order chi connectivity index (χ0) is 14.3. The smallest absolute Gasteiger partial charge is 0.264 e. The van der Waals surface area contributed by atoms with E-state index < -0.39 is 0 Å². The summed E-state index contributed by atoms with van der Waals surface area (Å²) in [5.74, 6) is 0.0457. The molecule has 108 valence electrons. The van der Waals surface area contributed by atoms with E-state index in [-0.39, 0.29) is 18.6 Å². The second-order valence-corrected chi connectivity index (χ2v) is 6.40. The lowest BCUT2D eigenvalue weighted by atomic mass is 10.0. The molecule has 1 unspecified atom stereocenters. The summed E-state index contributed by atoms with van der Waals surface area (Å²) in [6.07, 6.45) is 3.01. The van der Waals surface area contributed by atoms with Crippen LogP contribution in [-0.4, -0.2) is 44.9 Å². The number of aliphatic hydroxyl groups excluding tert-OH is 1. The van der Waals surface area contributed by atoms with Crippen molar-refractivity contribution < 1.29 is 9.90 Å². The Morgan fingerprint density at radius 3 is 3.05 bits per heavy atom. The molecule has 1 saturated heterocycles. The van der Waals surface area contributed by atoms with Gasteiger partial charge in [-0.25, -0.2) is 0 Å². The van der Waals surface area contributed by atoms with Crippen molar-refractivity contribution in [3.63, 3.8) is 0 Å². The Kier molecular flexibility index (Phi) is 3.52. The second kappa shape index (κ2) is 5.18. The highest BCUT2D eigenvalue weighted by molar-refractivity contribution is 7.20. The maximum atomic E-state index is 12.7. The summed E-state index contributed by atoms with van der Waals surface area (Å²) < 4.78 is 1.83. The highest BCUT2D eigenvalue weighted by Crippen LogP contribution is 2.30. The standard InChI is InChI=1S/C14H19N3O2S/c1-9-11-7-12(20-14(11)16(2)15-9)13(19)17-6-4-3-5-10(17)8-18/h7,10,18H,3-6,8H2,1-2H3. The molecular formula is C14H19N3O2S. The molecule has 0 radical (unpaired) electrons. The number of hydrogen-bond donors (Lipinski definition) is 1. The number of nitrogens with zero attached hydrogens (tertiary/aromatic N) is 3. The van der Waals surface area contributed by atoms with E-state index in [1.54, 1.807) is 0 Å². The molecule has 0 spiro atoms. The molecule has 1 N–H and O–H groups in total. The van der Waals surface area contributed by atoms with Crippen molar-refractivity contribution in [1.29, 1.82) is 0 Å². The third-order valence-corrected chi connectivity index (χ3v) is 5.20. The van der Waals surface area contributed by atoms with Crippen LogP contribution in [0.25, 0.3) is 10.2 Å². The third kappa shape index (κ3) is 2.13. The van der Waals surface area contributed by atoms with E-state index >= 15 is 0 Å². The van der Waals surface area contributed by atoms with Crippen molar-refractivity contribution in [2.45, 2.75) is 32.2 Å². The van der Waals surface area contributed by atoms with Crippen molar-refractivity contribution in [2.75, 3.05) is 13.2 Å². The number of rotatable bonds is 2. The summed E-state index contributed by atoms with van der Waals surface area (Å²) in [5.41, 5.74) is 0.954. The van der Waals surface area contributed by atoms with Gasteiger partial charge in [-0.2, -0.15) is 5.10 Å². The van der Waals surface area contributed by atoms with Crippen LogP contribution in [0.15, 0.2) is 6.07 Å². The minimum atomic E-state index is -0.0271. The number of carbonyl (C=O) groups is 1. The highest BCUT2D eigenvalue weighted by Gasteiger charge is 2.28. The molecule has 1 aliphatic rings. The molecule has 1 aliphatic heterocycles. The second-order valence-electron chi connectivity index (χ2n) is 5.37. The van der Waals surface area contributed by atoms with Crippen molar-refractivity contribution in [3.05, 3.63) is 16.6 Å². The summed E-state index contributed by atoms with van der Waals surface area (Å²) in [7, 11) is 1.90. The van der Waals surface area contributed by atoms with Crippen LogP contribution < -0.4 is 0 Å². The molecule has 1 amide bonds. The highest BCUT2D eigenvalue weighted by atomic mass is 32.1. The van der Waals surface area contributed by atoms with Crippen molar-refractivity contribution in [3.8, 4) is 0 Å². The Bertz CT molecular complexity index is 612. The fraction of sp³-hybridized carbons (Fsp3) is 0.571. The van der Waals surface area contributed by atoms with Gasteiger partial charge in [-0.05, 0) is 32.3 Å². The Morgan fingerprint density at radius 2 is 2.35 bits per heavy atom. The van der Waals surface area contributed by atoms with Gasteiger partial charge in [0, 0.05) is 19.0 Å². The van der Waals surface area contributed by atoms with E-state index in [9.17, 15) is 9.90 Å². The average molecular weight is 293 g/mol. The Balaban J connectivity index is 1.93. The van der Waals surface area contributed by atoms with Gasteiger partial charge in [0.05, 0.1) is 23.2 Å². The number of piperidine rings is 1. The quantitative estimate of drug-likeness (QED) is 0.920. The fourth-order valence-corrected chi connectivity index (χ4v) is 3.99. The molecule has 5 nitrogen and oxygen atoms in total. The first-order valence-corrected chi connectivity index (χ1v) is 7.78. The number of aryl methyl sites for hydroxylation is 2. The van der Waals surface area contributed by atoms with Gasteiger partial charge >= 0.3 is 0 Å². The molecule has 0 saturated carbocycles. The van der Waals surface area contributed by atoms with Crippen LogP contribution in [0, 0.1) is 6.92 Å². The fourth-order valence-electron chi connectivity index (χ4n) is 2.91. The van der Waals surface area contributed by atoms with Crippen molar-refractivity contribution >= 4 is 27.5 Å². The van der Waals surface area contributed by atoms with E-state index in [4.69, 9.17) is 0 Å². The lowest BCUT2D eigenvalue weighted by Gasteiger charge is -2.34. The molecule has 1 atom stereocenters. The van der Waals surface area contributed by atoms with Gasteiger partial charge in [-0.3, -0.25) is 9.48 Å². The zero-order valence-corrected chi connectivity index (χ0v) is 12.6. The Morgan fingerprint density at radius 1 is 1.55 bits per heavy atom. The van der Waals surface area contributed by atoms with Crippen LogP contribution in [0.4, 0.5) is 0 Å². The summed E-state index contributed by atoms with van der Waals surface area (Å²) in [6, 6.07) is 1.91. The lowest BCUT2D eigenvalue weighted by Crippen LogP contribution is -2.45. The molecule has 2 aromatic rings. The van der Waals surface area contributed by atoms with Crippen LogP contribution in [0.1, 0.15) is 34.6 Å². The molecule has 0 bridgehead atoms. The van der Waals surface area contributed by atoms with Crippen LogP contribution in [0.3, 0.4) is 0 Å². The number of fused-ring (bicyclic) bond motifs is 1. The number of amides is 1. The van der Waals surface area contributed by atoms with Gasteiger partial charge in [0.1, 0.15) is 4.83 Å². The summed E-state index contributed by atoms with van der Waals surface area (Å²) in [4.78, 5) is 16.3. The van der Waals surface area contributed by atoms with Gasteiger partial charge in [-0.15, -0.1) is 11.3 Å². The topological polar surface area (TPSA) is 58.4 Å². The first-order chi connectivity index (χ1) is 9.61. The van der Waals surface area contributed by atoms with E-state index in [1.807, 2.05) is 29.6 Å². The molecule has 1 fully saturated rings. The van der Waals surface area contributed by atoms with Gasteiger partial charge < -0.3 is 10.0 Å². The van der Waals surface area contributed by atoms with Gasteiger partial charge in [0.2, 0.25) is 0 Å². The van der Waals surface area contributed by atoms with Gasteiger partial charge in [0.25, 0.3) is 5.91 Å². The first kappa shape index (κ1) is 13.6. The number of likely N-dealkylation sites (tertiary alicyclic amines) is 1. The van der Waals surface area contributed by atoms with Crippen LogP contribution >= 0.6 is 11.3 Å². The molecule has 3 heterocycles. The van der Waals surface area contributed by atoms with Crippen molar-refractivity contribution in [1.82, 2.24) is 14.7 Å². The predicted molar refractivity (Wildman–Crippen MR) is 79.1 cm³/mol. The molecule has 2 aromatic heterocycles. The van der Waals surface area contributed by atoms with E-state index in [1.165, 1.54) is 11.3 Å². The number of hydrogen-bond acceptors (Lipinski definition) is 4. The lowest BCUT2D eigenvalue weighted by molar-refractivity contribution is 0.0508. The van der Waals surface area contributed by atoms with Gasteiger partial charge in [-0.1, -0.05) is 0 Å². The average Bonchev–Trinajstić information content (AvgIpc) is 3.01. The number of carbonyl (C=O) groups excluding carboxylic acids is 1. The maximum absolute atomic E-state index is 12.7. The Hall–Kier alpha value is -1.40. The van der Waals surface area contributed by atoms with E-state index in [2.05, 4.69) is 5.10 Å². The molecule has 0 aliphatic carbocycles. The van der Waals surface area contributed by atoms with E-state index in [0.29, 0.717) is 0 Å². The van der Waals surface area contributed by atoms with Crippen LogP contribution in [0.2, 0.25) is 0 Å². The maximum Gasteiger partial charge on any atom is 0.264 e. The molecular weight excluding hydrogens is 274 g/mol. The normalized spacial score (nSPS) is 19.8. The summed E-state index contributed by atoms with van der Waals surface area (Å²) in [6.45, 7) is 2.76. The molecule has 6 heteroatoms. The minimum Gasteiger partial charge on any atom is -0.394 e. The number of aliphatic hydroxyl groups is 1. The molecule has 3 rings (SSSR count). The SMILES string of the molecule is Cc1nn(C)c2sc(C(=O)N3CCCCC3CO)cc12. The molecule has 0 aromatic carbocycles. The number of thiophene rings is 1. The predicted octanol–water partition coefficient (Wildman–Crippen LogP) is 1.93. The monoisotopic (exact) mass is 293 g/mol. The Labute approximate surface area is 121 Å². The minimum absolute atomic E-state index is 0.0271. The zero-order valence-electron chi connectivity index (χ0n) is 11.8. The largest absolute Gasteiger partial charge is 0.394 e. The van der Waals surface area contributed by atoms with E-state index in [0.717, 1.165) is 46.6 Å². The summed E-state index contributed by atoms with van der Waals surface area (Å²) >= 11 is 1.49.